The summed E-state index contributed by atoms with van der Waals surface area (Å²) >= 11 is 1.40. The Hall–Kier alpha value is -3.17. The van der Waals surface area contributed by atoms with Gasteiger partial charge in [-0.3, -0.25) is 4.79 Å². The van der Waals surface area contributed by atoms with Gasteiger partial charge in [-0.05, 0) is 54.3 Å². The molecule has 6 heteroatoms. The molecule has 28 heavy (non-hydrogen) atoms. The maximum atomic E-state index is 13.3. The highest BCUT2D eigenvalue weighted by molar-refractivity contribution is 7.13. The molecule has 0 radical (unpaired) electrons. The van der Waals surface area contributed by atoms with Crippen molar-refractivity contribution in [2.75, 3.05) is 12.4 Å². The van der Waals surface area contributed by atoms with E-state index in [9.17, 15) is 10.1 Å². The minimum Gasteiger partial charge on any atom is -0.497 e. The molecule has 0 fully saturated rings. The predicted octanol–water partition coefficient (Wildman–Crippen LogP) is 4.36. The van der Waals surface area contributed by atoms with Gasteiger partial charge in [0.2, 0.25) is 5.91 Å². The zero-order valence-electron chi connectivity index (χ0n) is 15.6. The predicted molar refractivity (Wildman–Crippen MR) is 109 cm³/mol. The Morgan fingerprint density at radius 3 is 2.75 bits per heavy atom. The van der Waals surface area contributed by atoms with Gasteiger partial charge < -0.3 is 10.1 Å². The topological polar surface area (TPSA) is 75.0 Å². The fourth-order valence-corrected chi connectivity index (χ4v) is 4.54. The summed E-state index contributed by atoms with van der Waals surface area (Å²) in [7, 11) is 1.63. The molecule has 1 aromatic heterocycles. The summed E-state index contributed by atoms with van der Waals surface area (Å²) in [4.78, 5) is 17.5. The van der Waals surface area contributed by atoms with Crippen LogP contribution in [0, 0.1) is 16.7 Å². The monoisotopic (exact) mass is 389 g/mol. The molecule has 1 N–H and O–H groups in total. The maximum absolute atomic E-state index is 13.3. The van der Waals surface area contributed by atoms with Gasteiger partial charge in [0.15, 0.2) is 5.13 Å². The molecule has 1 amide bonds. The molecular formula is C22H19N3O2S. The molecule has 0 spiro atoms. The highest BCUT2D eigenvalue weighted by atomic mass is 32.1. The number of ether oxygens (including phenoxy) is 1. The SMILES string of the molecule is COc1ccc([C@@H]2c3cc(C#N)ccc3C[C@]2(C)C(=O)Nc2nccs2)cc1. The highest BCUT2D eigenvalue weighted by Crippen LogP contribution is 2.51. The Kier molecular flexibility index (Phi) is 4.62. The standard InChI is InChI=1S/C22H19N3O2S/c1-22(20(26)25-21-24-9-10-28-21)12-16-4-3-14(13-23)11-18(16)19(22)15-5-7-17(27-2)8-6-15/h3-11,19H,12H2,1-2H3,(H,24,25,26)/t19-,22+/m1/s1. The Morgan fingerprint density at radius 2 is 2.11 bits per heavy atom. The Bertz CT molecular complexity index is 1050. The number of nitrogens with zero attached hydrogens (tertiary/aromatic N) is 2. The van der Waals surface area contributed by atoms with Gasteiger partial charge in [-0.1, -0.05) is 18.2 Å². The number of fused-ring (bicyclic) bond motifs is 1. The first-order chi connectivity index (χ1) is 13.5. The second kappa shape index (κ2) is 7.10. The Morgan fingerprint density at radius 1 is 1.32 bits per heavy atom. The molecule has 140 valence electrons. The number of aromatic nitrogens is 1. The first kappa shape index (κ1) is 18.2. The van der Waals surface area contributed by atoms with E-state index in [4.69, 9.17) is 4.74 Å². The lowest BCUT2D eigenvalue weighted by molar-refractivity contribution is -0.125. The van der Waals surface area contributed by atoms with Crippen LogP contribution in [0.5, 0.6) is 5.75 Å². The number of thiazole rings is 1. The molecule has 2 aromatic carbocycles. The van der Waals surface area contributed by atoms with E-state index in [1.165, 1.54) is 11.3 Å². The van der Waals surface area contributed by atoms with Crippen molar-refractivity contribution < 1.29 is 9.53 Å². The number of carbonyl (C=O) groups excluding carboxylic acids is 1. The third-order valence-corrected chi connectivity index (χ3v) is 6.09. The normalized spacial score (nSPS) is 20.2. The largest absolute Gasteiger partial charge is 0.497 e. The van der Waals surface area contributed by atoms with Crippen molar-refractivity contribution in [3.63, 3.8) is 0 Å². The summed E-state index contributed by atoms with van der Waals surface area (Å²) in [5.41, 5.74) is 3.04. The van der Waals surface area contributed by atoms with Crippen LogP contribution < -0.4 is 10.1 Å². The highest BCUT2D eigenvalue weighted by Gasteiger charge is 2.49. The van der Waals surface area contributed by atoms with E-state index in [1.807, 2.05) is 54.8 Å². The Balaban J connectivity index is 1.80. The Labute approximate surface area is 167 Å². The number of nitrogens with one attached hydrogen (secondary N) is 1. The number of hydrogen-bond acceptors (Lipinski definition) is 5. The van der Waals surface area contributed by atoms with Crippen molar-refractivity contribution in [3.05, 3.63) is 76.3 Å². The van der Waals surface area contributed by atoms with E-state index in [1.54, 1.807) is 13.3 Å². The molecule has 3 aromatic rings. The van der Waals surface area contributed by atoms with Gasteiger partial charge in [-0.25, -0.2) is 4.98 Å². The van der Waals surface area contributed by atoms with Crippen molar-refractivity contribution in [2.24, 2.45) is 5.41 Å². The number of rotatable bonds is 4. The smallest absolute Gasteiger partial charge is 0.233 e. The number of hydrogen-bond donors (Lipinski definition) is 1. The van der Waals surface area contributed by atoms with Crippen LogP contribution in [0.15, 0.2) is 54.0 Å². The molecule has 0 saturated heterocycles. The summed E-state index contributed by atoms with van der Waals surface area (Å²) in [5.74, 6) is 0.529. The first-order valence-corrected chi connectivity index (χ1v) is 9.81. The summed E-state index contributed by atoms with van der Waals surface area (Å²) < 4.78 is 5.28. The van der Waals surface area contributed by atoms with Crippen LogP contribution in [-0.4, -0.2) is 18.0 Å². The second-order valence-electron chi connectivity index (χ2n) is 7.12. The number of carbonyl (C=O) groups is 1. The average Bonchev–Trinajstić information content (AvgIpc) is 3.33. The van der Waals surface area contributed by atoms with Gasteiger partial charge in [0, 0.05) is 17.5 Å². The second-order valence-corrected chi connectivity index (χ2v) is 8.01. The molecule has 0 aliphatic heterocycles. The lowest BCUT2D eigenvalue weighted by Gasteiger charge is -2.31. The molecule has 0 unspecified atom stereocenters. The van der Waals surface area contributed by atoms with Gasteiger partial charge >= 0.3 is 0 Å². The molecular weight excluding hydrogens is 370 g/mol. The maximum Gasteiger partial charge on any atom is 0.233 e. The van der Waals surface area contributed by atoms with Crippen LogP contribution in [0.1, 0.15) is 35.1 Å². The van der Waals surface area contributed by atoms with E-state index in [-0.39, 0.29) is 11.8 Å². The fourth-order valence-electron chi connectivity index (χ4n) is 4.02. The van der Waals surface area contributed by atoms with Gasteiger partial charge in [0.05, 0.1) is 24.2 Å². The lowest BCUT2D eigenvalue weighted by atomic mass is 9.73. The van der Waals surface area contributed by atoms with Gasteiger partial charge in [0.1, 0.15) is 5.75 Å². The first-order valence-electron chi connectivity index (χ1n) is 8.93. The number of methoxy groups -OCH3 is 1. The van der Waals surface area contributed by atoms with E-state index in [0.29, 0.717) is 17.1 Å². The van der Waals surface area contributed by atoms with Gasteiger partial charge in [-0.2, -0.15) is 5.26 Å². The third kappa shape index (κ3) is 3.04. The average molecular weight is 389 g/mol. The molecule has 1 heterocycles. The van der Waals surface area contributed by atoms with Crippen LogP contribution >= 0.6 is 11.3 Å². The van der Waals surface area contributed by atoms with E-state index < -0.39 is 5.41 Å². The number of nitriles is 1. The van der Waals surface area contributed by atoms with E-state index in [2.05, 4.69) is 16.4 Å². The minimum atomic E-state index is -0.698. The van der Waals surface area contributed by atoms with E-state index >= 15 is 0 Å². The zero-order valence-corrected chi connectivity index (χ0v) is 16.4. The molecule has 1 aliphatic rings. The van der Waals surface area contributed by atoms with Crippen molar-refractivity contribution in [2.45, 2.75) is 19.3 Å². The van der Waals surface area contributed by atoms with Crippen molar-refractivity contribution in [1.82, 2.24) is 4.98 Å². The van der Waals surface area contributed by atoms with E-state index in [0.717, 1.165) is 22.4 Å². The number of benzene rings is 2. The molecule has 0 bridgehead atoms. The zero-order chi connectivity index (χ0) is 19.7. The molecule has 5 nitrogen and oxygen atoms in total. The van der Waals surface area contributed by atoms with Crippen molar-refractivity contribution >= 4 is 22.4 Å². The quantitative estimate of drug-likeness (QED) is 0.719. The molecule has 1 aliphatic carbocycles. The fraction of sp³-hybridized carbons (Fsp3) is 0.227. The molecule has 4 rings (SSSR count). The van der Waals surface area contributed by atoms with Crippen LogP contribution in [0.25, 0.3) is 0 Å². The van der Waals surface area contributed by atoms with Crippen molar-refractivity contribution in [1.29, 1.82) is 5.26 Å². The summed E-state index contributed by atoms with van der Waals surface area (Å²) in [5, 5.41) is 14.7. The van der Waals surface area contributed by atoms with Crippen LogP contribution in [0.3, 0.4) is 0 Å². The van der Waals surface area contributed by atoms with Gasteiger partial charge in [0.25, 0.3) is 0 Å². The van der Waals surface area contributed by atoms with Crippen LogP contribution in [-0.2, 0) is 11.2 Å². The van der Waals surface area contributed by atoms with Crippen LogP contribution in [0.2, 0.25) is 0 Å². The molecule has 2 atom stereocenters. The number of amides is 1. The van der Waals surface area contributed by atoms with Gasteiger partial charge in [-0.15, -0.1) is 11.3 Å². The summed E-state index contributed by atoms with van der Waals surface area (Å²) in [6.45, 7) is 1.98. The summed E-state index contributed by atoms with van der Waals surface area (Å²) in [6.07, 6.45) is 2.27. The van der Waals surface area contributed by atoms with Crippen molar-refractivity contribution in [3.8, 4) is 11.8 Å². The lowest BCUT2D eigenvalue weighted by Crippen LogP contribution is -2.37. The third-order valence-electron chi connectivity index (χ3n) is 5.40. The summed E-state index contributed by atoms with van der Waals surface area (Å²) in [6, 6.07) is 15.7. The van der Waals surface area contributed by atoms with Crippen LogP contribution in [0.4, 0.5) is 5.13 Å². The number of anilines is 1. The minimum absolute atomic E-state index is 0.0713. The molecule has 0 saturated carbocycles.